The molecule has 0 bridgehead atoms. The van der Waals surface area contributed by atoms with E-state index in [9.17, 15) is 9.18 Å². The quantitative estimate of drug-likeness (QED) is 0.673. The van der Waals surface area contributed by atoms with Gasteiger partial charge in [-0.25, -0.2) is 19.3 Å². The van der Waals surface area contributed by atoms with Crippen molar-refractivity contribution in [3.05, 3.63) is 47.9 Å². The van der Waals surface area contributed by atoms with E-state index in [1.165, 1.54) is 31.3 Å². The number of anilines is 2. The maximum absolute atomic E-state index is 14.2. The zero-order chi connectivity index (χ0) is 20.8. The molecule has 3 aromatic rings. The summed E-state index contributed by atoms with van der Waals surface area (Å²) in [5.74, 6) is 0.397. The van der Waals surface area contributed by atoms with Gasteiger partial charge in [0.1, 0.15) is 0 Å². The molecule has 4 heterocycles. The number of hydrogen-bond acceptors (Lipinski definition) is 6. The Bertz CT molecular complexity index is 1090. The van der Waals surface area contributed by atoms with Crippen LogP contribution in [0.3, 0.4) is 0 Å². The fraction of sp³-hybridized carbons (Fsp3) is 0.429. The lowest BCUT2D eigenvalue weighted by molar-refractivity contribution is 0.102. The van der Waals surface area contributed by atoms with E-state index in [4.69, 9.17) is 0 Å². The summed E-state index contributed by atoms with van der Waals surface area (Å²) < 4.78 is 15.7. The number of halogens is 1. The first-order chi connectivity index (χ1) is 14.5. The highest BCUT2D eigenvalue weighted by Crippen LogP contribution is 2.28. The van der Waals surface area contributed by atoms with Gasteiger partial charge in [-0.15, -0.1) is 0 Å². The molecule has 0 aromatic carbocycles. The Hall–Kier alpha value is -3.07. The minimum Gasteiger partial charge on any atom is -0.340 e. The molecule has 1 amide bonds. The normalized spacial score (nSPS) is 16.9. The van der Waals surface area contributed by atoms with Gasteiger partial charge in [-0.05, 0) is 26.8 Å². The Labute approximate surface area is 173 Å². The maximum Gasteiger partial charge on any atom is 0.258 e. The number of hydrogen-bond donors (Lipinski definition) is 1. The van der Waals surface area contributed by atoms with Crippen molar-refractivity contribution in [2.24, 2.45) is 5.92 Å². The van der Waals surface area contributed by atoms with Gasteiger partial charge in [-0.2, -0.15) is 0 Å². The second-order valence-corrected chi connectivity index (χ2v) is 8.36. The first-order valence-corrected chi connectivity index (χ1v) is 10.2. The molecule has 0 atom stereocenters. The van der Waals surface area contributed by atoms with E-state index in [0.717, 1.165) is 25.7 Å². The van der Waals surface area contributed by atoms with Crippen LogP contribution < -0.4 is 10.2 Å². The number of aromatic nitrogens is 4. The van der Waals surface area contributed by atoms with Crippen LogP contribution in [-0.2, 0) is 0 Å². The number of rotatable bonds is 6. The number of pyridine rings is 1. The van der Waals surface area contributed by atoms with Crippen LogP contribution in [0.15, 0.2) is 30.9 Å². The van der Waals surface area contributed by atoms with Gasteiger partial charge in [0.15, 0.2) is 11.5 Å². The number of nitrogens with zero attached hydrogens (tertiary/aromatic N) is 6. The van der Waals surface area contributed by atoms with Crippen molar-refractivity contribution < 1.29 is 9.18 Å². The number of amides is 1. The summed E-state index contributed by atoms with van der Waals surface area (Å²) in [6.45, 7) is 4.77. The summed E-state index contributed by atoms with van der Waals surface area (Å²) in [5.41, 5.74) is 1.60. The number of fused-ring (bicyclic) bond motifs is 1. The van der Waals surface area contributed by atoms with Gasteiger partial charge in [0.05, 0.1) is 16.9 Å². The van der Waals surface area contributed by atoms with Gasteiger partial charge in [0.25, 0.3) is 5.91 Å². The standard InChI is InChI=1S/C21H24FN7O/c1-13-8-28-12-16(5-18(22)19(28)25-13)26-20(30)15-6-23-21(24-7-15)29-10-14(11-29)9-27(2)17-3-4-17/h5-8,12,14,17H,3-4,9-11H2,1-2H3,(H,26,30). The van der Waals surface area contributed by atoms with Crippen molar-refractivity contribution in [2.75, 3.05) is 36.9 Å². The smallest absolute Gasteiger partial charge is 0.258 e. The summed E-state index contributed by atoms with van der Waals surface area (Å²) in [7, 11) is 2.20. The summed E-state index contributed by atoms with van der Waals surface area (Å²) in [6.07, 6.45) is 9.00. The van der Waals surface area contributed by atoms with E-state index >= 15 is 0 Å². The van der Waals surface area contributed by atoms with Gasteiger partial charge < -0.3 is 19.5 Å². The van der Waals surface area contributed by atoms with E-state index in [1.807, 2.05) is 0 Å². The lowest BCUT2D eigenvalue weighted by atomic mass is 10.0. The average Bonchev–Trinajstić information content (AvgIpc) is 3.46. The summed E-state index contributed by atoms with van der Waals surface area (Å²) in [6, 6.07) is 2.04. The SMILES string of the molecule is Cc1cn2cc(NC(=O)c3cnc(N4CC(CN(C)C5CC5)C4)nc3)cc(F)c2n1. The topological polar surface area (TPSA) is 78.7 Å². The zero-order valence-electron chi connectivity index (χ0n) is 17.0. The van der Waals surface area contributed by atoms with Gasteiger partial charge in [0, 0.05) is 62.4 Å². The largest absolute Gasteiger partial charge is 0.340 e. The average molecular weight is 409 g/mol. The highest BCUT2D eigenvalue weighted by atomic mass is 19.1. The van der Waals surface area contributed by atoms with E-state index in [1.54, 1.807) is 23.7 Å². The highest BCUT2D eigenvalue weighted by molar-refractivity contribution is 6.03. The van der Waals surface area contributed by atoms with Crippen LogP contribution in [0.4, 0.5) is 16.0 Å². The molecular formula is C21H24FN7O. The molecule has 2 fully saturated rings. The van der Waals surface area contributed by atoms with Crippen LogP contribution in [0, 0.1) is 18.7 Å². The third-order valence-corrected chi connectivity index (χ3v) is 5.74. The number of nitrogens with one attached hydrogen (secondary N) is 1. The highest BCUT2D eigenvalue weighted by Gasteiger charge is 2.33. The molecule has 0 radical (unpaired) electrons. The third kappa shape index (κ3) is 3.72. The fourth-order valence-corrected chi connectivity index (χ4v) is 3.97. The van der Waals surface area contributed by atoms with Crippen LogP contribution in [0.5, 0.6) is 0 Å². The molecule has 1 aliphatic carbocycles. The molecule has 9 heteroatoms. The molecule has 0 unspecified atom stereocenters. The Morgan fingerprint density at radius 1 is 1.27 bits per heavy atom. The summed E-state index contributed by atoms with van der Waals surface area (Å²) in [5, 5.41) is 2.70. The van der Waals surface area contributed by atoms with Crippen LogP contribution in [0.25, 0.3) is 5.65 Å². The van der Waals surface area contributed by atoms with Crippen LogP contribution >= 0.6 is 0 Å². The number of imidazole rings is 1. The number of carbonyl (C=O) groups excluding carboxylic acids is 1. The van der Waals surface area contributed by atoms with Gasteiger partial charge >= 0.3 is 0 Å². The van der Waals surface area contributed by atoms with E-state index < -0.39 is 5.82 Å². The van der Waals surface area contributed by atoms with E-state index in [-0.39, 0.29) is 11.6 Å². The van der Waals surface area contributed by atoms with Gasteiger partial charge in [0.2, 0.25) is 5.95 Å². The van der Waals surface area contributed by atoms with Gasteiger partial charge in [-0.1, -0.05) is 0 Å². The molecule has 1 aliphatic heterocycles. The van der Waals surface area contributed by atoms with Crippen LogP contribution in [0.2, 0.25) is 0 Å². The molecule has 5 rings (SSSR count). The lowest BCUT2D eigenvalue weighted by Crippen LogP contribution is -2.52. The predicted octanol–water partition coefficient (Wildman–Crippen LogP) is 2.35. The minimum absolute atomic E-state index is 0.231. The molecule has 1 saturated carbocycles. The van der Waals surface area contributed by atoms with Crippen molar-refractivity contribution in [2.45, 2.75) is 25.8 Å². The molecular weight excluding hydrogens is 385 g/mol. The second kappa shape index (κ2) is 7.32. The Morgan fingerprint density at radius 3 is 2.70 bits per heavy atom. The number of aryl methyl sites for hydroxylation is 1. The minimum atomic E-state index is -0.493. The van der Waals surface area contributed by atoms with Crippen molar-refractivity contribution >= 4 is 23.2 Å². The fourth-order valence-electron chi connectivity index (χ4n) is 3.97. The molecule has 3 aromatic heterocycles. The van der Waals surface area contributed by atoms with E-state index in [0.29, 0.717) is 28.8 Å². The first-order valence-electron chi connectivity index (χ1n) is 10.2. The molecule has 1 saturated heterocycles. The first kappa shape index (κ1) is 18.9. The Kier molecular flexibility index (Phi) is 4.62. The van der Waals surface area contributed by atoms with Crippen molar-refractivity contribution in [3.8, 4) is 0 Å². The van der Waals surface area contributed by atoms with Crippen molar-refractivity contribution in [3.63, 3.8) is 0 Å². The third-order valence-electron chi connectivity index (χ3n) is 5.74. The molecule has 8 nitrogen and oxygen atoms in total. The predicted molar refractivity (Wildman–Crippen MR) is 111 cm³/mol. The maximum atomic E-state index is 14.2. The molecule has 1 N–H and O–H groups in total. The second-order valence-electron chi connectivity index (χ2n) is 8.36. The zero-order valence-corrected chi connectivity index (χ0v) is 17.0. The van der Waals surface area contributed by atoms with Crippen LogP contribution in [-0.4, -0.2) is 62.9 Å². The molecule has 0 spiro atoms. The Balaban J connectivity index is 1.20. The van der Waals surface area contributed by atoms with Gasteiger partial charge in [-0.3, -0.25) is 4.79 Å². The Morgan fingerprint density at radius 2 is 2.00 bits per heavy atom. The van der Waals surface area contributed by atoms with Crippen LogP contribution in [0.1, 0.15) is 28.9 Å². The van der Waals surface area contributed by atoms with Crippen molar-refractivity contribution in [1.82, 2.24) is 24.3 Å². The lowest BCUT2D eigenvalue weighted by Gasteiger charge is -2.41. The molecule has 30 heavy (non-hydrogen) atoms. The number of carbonyl (C=O) groups is 1. The van der Waals surface area contributed by atoms with E-state index in [2.05, 4.69) is 37.1 Å². The van der Waals surface area contributed by atoms with Crippen molar-refractivity contribution in [1.29, 1.82) is 0 Å². The summed E-state index contributed by atoms with van der Waals surface area (Å²) in [4.78, 5) is 29.9. The summed E-state index contributed by atoms with van der Waals surface area (Å²) >= 11 is 0. The monoisotopic (exact) mass is 409 g/mol. The molecule has 2 aliphatic rings. The molecule has 156 valence electrons.